The molecule has 1 aliphatic rings. The molecular weight excluding hydrogens is 293 g/mol. The van der Waals surface area contributed by atoms with E-state index in [0.29, 0.717) is 10.0 Å². The van der Waals surface area contributed by atoms with Crippen molar-refractivity contribution in [3.8, 4) is 5.75 Å². The maximum Gasteiger partial charge on any atom is 0.122 e. The van der Waals surface area contributed by atoms with Crippen LogP contribution in [0.1, 0.15) is 24.1 Å². The molecular formula is C16H15Cl2NO. The summed E-state index contributed by atoms with van der Waals surface area (Å²) in [6.07, 6.45) is 0.980. The van der Waals surface area contributed by atoms with Gasteiger partial charge in [0.2, 0.25) is 0 Å². The molecule has 1 atom stereocenters. The maximum absolute atomic E-state index is 6.20. The molecule has 0 spiro atoms. The van der Waals surface area contributed by atoms with Crippen molar-refractivity contribution in [2.75, 3.05) is 11.9 Å². The minimum absolute atomic E-state index is 0.150. The molecule has 1 unspecified atom stereocenters. The molecule has 2 aromatic rings. The van der Waals surface area contributed by atoms with Gasteiger partial charge in [-0.05, 0) is 42.3 Å². The summed E-state index contributed by atoms with van der Waals surface area (Å²) in [4.78, 5) is 0. The van der Waals surface area contributed by atoms with E-state index in [9.17, 15) is 0 Å². The van der Waals surface area contributed by atoms with E-state index >= 15 is 0 Å². The molecule has 4 heteroatoms. The minimum atomic E-state index is 0.150. The van der Waals surface area contributed by atoms with Crippen molar-refractivity contribution in [2.24, 2.45) is 0 Å². The summed E-state index contributed by atoms with van der Waals surface area (Å²) in [5.74, 6) is 1.00. The predicted octanol–water partition coefficient (Wildman–Crippen LogP) is 5.10. The first-order valence-corrected chi connectivity index (χ1v) is 7.37. The van der Waals surface area contributed by atoms with Crippen molar-refractivity contribution >= 4 is 28.9 Å². The molecule has 0 aromatic heterocycles. The number of hydrogen-bond donors (Lipinski definition) is 1. The van der Waals surface area contributed by atoms with E-state index in [1.807, 2.05) is 18.2 Å². The van der Waals surface area contributed by atoms with Gasteiger partial charge in [0.25, 0.3) is 0 Å². The highest BCUT2D eigenvalue weighted by molar-refractivity contribution is 6.43. The first-order valence-electron chi connectivity index (χ1n) is 6.61. The number of nitrogens with one attached hydrogen (secondary N) is 1. The standard InChI is InChI=1S/C16H15Cl2NO/c1-10(19-14-4-2-3-13(17)16(14)18)11-5-6-15-12(9-11)7-8-20-15/h2-6,9-10,19H,7-8H2,1H3. The third-order valence-electron chi connectivity index (χ3n) is 3.54. The monoisotopic (exact) mass is 307 g/mol. The quantitative estimate of drug-likeness (QED) is 0.851. The normalized spacial score (nSPS) is 14.6. The van der Waals surface area contributed by atoms with E-state index in [1.54, 1.807) is 6.07 Å². The Kier molecular flexibility index (Phi) is 3.77. The molecule has 0 bridgehead atoms. The second kappa shape index (κ2) is 5.55. The largest absolute Gasteiger partial charge is 0.493 e. The van der Waals surface area contributed by atoms with Crippen LogP contribution in [0.3, 0.4) is 0 Å². The zero-order valence-electron chi connectivity index (χ0n) is 11.1. The fourth-order valence-electron chi connectivity index (χ4n) is 2.41. The Labute approximate surface area is 128 Å². The van der Waals surface area contributed by atoms with Crippen LogP contribution in [0.25, 0.3) is 0 Å². The van der Waals surface area contributed by atoms with Crippen LogP contribution in [-0.2, 0) is 6.42 Å². The van der Waals surface area contributed by atoms with Gasteiger partial charge in [0.05, 0.1) is 22.3 Å². The van der Waals surface area contributed by atoms with Crippen molar-refractivity contribution in [3.63, 3.8) is 0 Å². The van der Waals surface area contributed by atoms with E-state index in [0.717, 1.165) is 24.5 Å². The number of fused-ring (bicyclic) bond motifs is 1. The van der Waals surface area contributed by atoms with Crippen molar-refractivity contribution in [2.45, 2.75) is 19.4 Å². The summed E-state index contributed by atoms with van der Waals surface area (Å²) in [6.45, 7) is 2.88. The Morgan fingerprint density at radius 1 is 1.20 bits per heavy atom. The lowest BCUT2D eigenvalue weighted by atomic mass is 10.0. The Morgan fingerprint density at radius 3 is 2.90 bits per heavy atom. The van der Waals surface area contributed by atoms with Gasteiger partial charge in [-0.1, -0.05) is 35.3 Å². The third kappa shape index (κ3) is 2.58. The highest BCUT2D eigenvalue weighted by Gasteiger charge is 2.15. The van der Waals surface area contributed by atoms with Crippen molar-refractivity contribution in [1.82, 2.24) is 0 Å². The lowest BCUT2D eigenvalue weighted by Gasteiger charge is -2.18. The van der Waals surface area contributed by atoms with Crippen LogP contribution in [0, 0.1) is 0 Å². The summed E-state index contributed by atoms with van der Waals surface area (Å²) >= 11 is 12.2. The van der Waals surface area contributed by atoms with Gasteiger partial charge in [0.1, 0.15) is 5.75 Å². The van der Waals surface area contributed by atoms with Crippen LogP contribution in [0.4, 0.5) is 5.69 Å². The number of rotatable bonds is 3. The molecule has 0 saturated heterocycles. The summed E-state index contributed by atoms with van der Waals surface area (Å²) < 4.78 is 5.53. The van der Waals surface area contributed by atoms with Gasteiger partial charge < -0.3 is 10.1 Å². The Bertz CT molecular complexity index is 642. The lowest BCUT2D eigenvalue weighted by Crippen LogP contribution is -2.07. The van der Waals surface area contributed by atoms with Gasteiger partial charge in [0.15, 0.2) is 0 Å². The molecule has 20 heavy (non-hydrogen) atoms. The molecule has 0 fully saturated rings. The molecule has 3 rings (SSSR count). The van der Waals surface area contributed by atoms with Gasteiger partial charge in [0, 0.05) is 12.5 Å². The van der Waals surface area contributed by atoms with Crippen LogP contribution in [0.15, 0.2) is 36.4 Å². The van der Waals surface area contributed by atoms with Crippen LogP contribution in [-0.4, -0.2) is 6.61 Å². The van der Waals surface area contributed by atoms with E-state index in [1.165, 1.54) is 11.1 Å². The van der Waals surface area contributed by atoms with E-state index < -0.39 is 0 Å². The Balaban J connectivity index is 1.82. The SMILES string of the molecule is CC(Nc1cccc(Cl)c1Cl)c1ccc2c(c1)CCO2. The van der Waals surface area contributed by atoms with Crippen molar-refractivity contribution in [1.29, 1.82) is 0 Å². The molecule has 2 nitrogen and oxygen atoms in total. The van der Waals surface area contributed by atoms with Crippen molar-refractivity contribution in [3.05, 3.63) is 57.6 Å². The lowest BCUT2D eigenvalue weighted by molar-refractivity contribution is 0.357. The van der Waals surface area contributed by atoms with Gasteiger partial charge in [-0.25, -0.2) is 0 Å². The average molecular weight is 308 g/mol. The number of halogens is 2. The second-order valence-electron chi connectivity index (χ2n) is 4.93. The highest BCUT2D eigenvalue weighted by atomic mass is 35.5. The fraction of sp³-hybridized carbons (Fsp3) is 0.250. The Hall–Kier alpha value is -1.38. The average Bonchev–Trinajstić information content (AvgIpc) is 2.91. The molecule has 1 aliphatic heterocycles. The van der Waals surface area contributed by atoms with Crippen LogP contribution in [0.5, 0.6) is 5.75 Å². The first kappa shape index (κ1) is 13.6. The summed E-state index contributed by atoms with van der Waals surface area (Å²) in [5, 5.41) is 4.52. The van der Waals surface area contributed by atoms with Gasteiger partial charge in [-0.3, -0.25) is 0 Å². The topological polar surface area (TPSA) is 21.3 Å². The molecule has 1 N–H and O–H groups in total. The molecule has 0 radical (unpaired) electrons. The van der Waals surface area contributed by atoms with Crippen LogP contribution < -0.4 is 10.1 Å². The number of hydrogen-bond acceptors (Lipinski definition) is 2. The highest BCUT2D eigenvalue weighted by Crippen LogP contribution is 2.33. The summed E-state index contributed by atoms with van der Waals surface area (Å²) in [6, 6.07) is 12.1. The van der Waals surface area contributed by atoms with Gasteiger partial charge in [-0.15, -0.1) is 0 Å². The summed E-state index contributed by atoms with van der Waals surface area (Å²) in [7, 11) is 0. The zero-order chi connectivity index (χ0) is 14.1. The van der Waals surface area contributed by atoms with E-state index in [4.69, 9.17) is 27.9 Å². The van der Waals surface area contributed by atoms with Gasteiger partial charge >= 0.3 is 0 Å². The number of anilines is 1. The molecule has 0 amide bonds. The number of ether oxygens (including phenoxy) is 1. The smallest absolute Gasteiger partial charge is 0.122 e. The van der Waals surface area contributed by atoms with E-state index in [2.05, 4.69) is 24.4 Å². The first-order chi connectivity index (χ1) is 9.65. The number of benzene rings is 2. The predicted molar refractivity (Wildman–Crippen MR) is 84.1 cm³/mol. The fourth-order valence-corrected chi connectivity index (χ4v) is 2.76. The Morgan fingerprint density at radius 2 is 2.05 bits per heavy atom. The van der Waals surface area contributed by atoms with E-state index in [-0.39, 0.29) is 6.04 Å². The molecule has 0 saturated carbocycles. The molecule has 104 valence electrons. The molecule has 2 aromatic carbocycles. The molecule has 1 heterocycles. The third-order valence-corrected chi connectivity index (χ3v) is 4.36. The van der Waals surface area contributed by atoms with Crippen LogP contribution in [0.2, 0.25) is 10.0 Å². The molecule has 0 aliphatic carbocycles. The summed E-state index contributed by atoms with van der Waals surface area (Å²) in [5.41, 5.74) is 3.34. The zero-order valence-corrected chi connectivity index (χ0v) is 12.6. The van der Waals surface area contributed by atoms with Crippen molar-refractivity contribution < 1.29 is 4.74 Å². The van der Waals surface area contributed by atoms with Crippen LogP contribution >= 0.6 is 23.2 Å². The minimum Gasteiger partial charge on any atom is -0.493 e. The second-order valence-corrected chi connectivity index (χ2v) is 5.72. The maximum atomic E-state index is 6.20. The van der Waals surface area contributed by atoms with Gasteiger partial charge in [-0.2, -0.15) is 0 Å².